The topological polar surface area (TPSA) is 112 Å². The van der Waals surface area contributed by atoms with Crippen molar-refractivity contribution in [2.45, 2.75) is 44.2 Å². The lowest BCUT2D eigenvalue weighted by Gasteiger charge is -2.24. The first-order valence-corrected chi connectivity index (χ1v) is 7.78. The molecule has 2 N–H and O–H groups in total. The third-order valence-corrected chi connectivity index (χ3v) is 4.19. The number of aliphatic hydroxyl groups is 2. The number of halogens is 1. The maximum absolute atomic E-state index is 9.53. The molecular formula is C14H19ClN4O5. The van der Waals surface area contributed by atoms with E-state index in [4.69, 9.17) is 30.9 Å². The molecule has 0 radical (unpaired) electrons. The number of aromatic nitrogens is 4. The van der Waals surface area contributed by atoms with E-state index < -0.39 is 18.1 Å². The second-order valence-electron chi connectivity index (χ2n) is 5.83. The number of hydrogen-bond acceptors (Lipinski definition) is 8. The quantitative estimate of drug-likeness (QED) is 0.798. The van der Waals surface area contributed by atoms with Crippen LogP contribution < -0.4 is 0 Å². The summed E-state index contributed by atoms with van der Waals surface area (Å²) in [7, 11) is 1.00. The van der Waals surface area contributed by atoms with Crippen LogP contribution in [0.4, 0.5) is 0 Å². The molecule has 10 heteroatoms. The van der Waals surface area contributed by atoms with Gasteiger partial charge in [0.05, 0.1) is 24.6 Å². The van der Waals surface area contributed by atoms with E-state index >= 15 is 0 Å². The Morgan fingerprint density at radius 2 is 2.00 bits per heavy atom. The van der Waals surface area contributed by atoms with Crippen molar-refractivity contribution < 1.29 is 24.4 Å². The number of nitrogens with zero attached hydrogens (tertiary/aromatic N) is 4. The molecule has 0 spiro atoms. The van der Waals surface area contributed by atoms with Gasteiger partial charge in [0.1, 0.15) is 23.8 Å². The van der Waals surface area contributed by atoms with Gasteiger partial charge in [0.15, 0.2) is 17.2 Å². The van der Waals surface area contributed by atoms with Crippen molar-refractivity contribution in [1.29, 1.82) is 0 Å². The Morgan fingerprint density at radius 3 is 2.71 bits per heavy atom. The molecule has 4 rings (SSSR count). The van der Waals surface area contributed by atoms with Crippen molar-refractivity contribution in [1.82, 2.24) is 19.7 Å². The Kier molecular flexibility index (Phi) is 4.73. The standard InChI is InChI=1S/C13H15ClN4O4.CH4O/c1-13(2)21-9-7(4-19)20-12(10(9)22-13)18-5-15-8-6(18)3-16-17-11(8)14;1-2/h3,5,7,9-10,12,19H,4H2,1-2H3;2H,1H3/t7-,9-,10-,12-;/m1./s1. The van der Waals surface area contributed by atoms with Gasteiger partial charge >= 0.3 is 0 Å². The average molecular weight is 359 g/mol. The third kappa shape index (κ3) is 2.77. The van der Waals surface area contributed by atoms with Crippen molar-refractivity contribution >= 4 is 22.6 Å². The molecule has 2 aliphatic heterocycles. The maximum atomic E-state index is 9.53. The number of aliphatic hydroxyl groups excluding tert-OH is 2. The van der Waals surface area contributed by atoms with E-state index in [0.29, 0.717) is 11.0 Å². The van der Waals surface area contributed by atoms with Gasteiger partial charge in [0.2, 0.25) is 0 Å². The highest BCUT2D eigenvalue weighted by Gasteiger charge is 2.55. The molecule has 2 saturated heterocycles. The summed E-state index contributed by atoms with van der Waals surface area (Å²) in [5.41, 5.74) is 1.23. The van der Waals surface area contributed by atoms with E-state index in [1.165, 1.54) is 0 Å². The Hall–Kier alpha value is -1.36. The van der Waals surface area contributed by atoms with E-state index in [1.54, 1.807) is 17.1 Å². The first-order valence-electron chi connectivity index (χ1n) is 7.40. The second-order valence-corrected chi connectivity index (χ2v) is 6.19. The molecule has 24 heavy (non-hydrogen) atoms. The SMILES string of the molecule is CC1(C)O[C@@H]2[C@H](O1)[C@@H](CO)O[C@H]2n1cnc2c(Cl)nncc21.CO. The highest BCUT2D eigenvalue weighted by atomic mass is 35.5. The molecule has 2 aliphatic rings. The van der Waals surface area contributed by atoms with Crippen molar-refractivity contribution in [3.8, 4) is 0 Å². The summed E-state index contributed by atoms with van der Waals surface area (Å²) in [6.45, 7) is 3.53. The largest absolute Gasteiger partial charge is 0.400 e. The first kappa shape index (κ1) is 17.5. The van der Waals surface area contributed by atoms with Crippen LogP contribution >= 0.6 is 11.6 Å². The van der Waals surface area contributed by atoms with Crippen LogP contribution in [0.3, 0.4) is 0 Å². The fraction of sp³-hybridized carbons (Fsp3) is 0.643. The number of hydrogen-bond donors (Lipinski definition) is 2. The summed E-state index contributed by atoms with van der Waals surface area (Å²) >= 11 is 6.00. The maximum Gasteiger partial charge on any atom is 0.179 e. The van der Waals surface area contributed by atoms with Gasteiger partial charge in [-0.1, -0.05) is 11.6 Å². The zero-order chi connectivity index (χ0) is 17.5. The van der Waals surface area contributed by atoms with Gasteiger partial charge in [-0.15, -0.1) is 5.10 Å². The predicted octanol–water partition coefficient (Wildman–Crippen LogP) is 0.498. The van der Waals surface area contributed by atoms with Crippen LogP contribution in [0.1, 0.15) is 20.1 Å². The molecule has 0 amide bonds. The zero-order valence-electron chi connectivity index (χ0n) is 13.5. The van der Waals surface area contributed by atoms with E-state index in [2.05, 4.69) is 15.2 Å². The molecule has 2 aromatic rings. The summed E-state index contributed by atoms with van der Waals surface area (Å²) in [6, 6.07) is 0. The molecule has 9 nitrogen and oxygen atoms in total. The lowest BCUT2D eigenvalue weighted by molar-refractivity contribution is -0.199. The third-order valence-electron chi connectivity index (χ3n) is 3.93. The van der Waals surface area contributed by atoms with E-state index in [1.807, 2.05) is 13.8 Å². The van der Waals surface area contributed by atoms with Crippen LogP contribution in [0.5, 0.6) is 0 Å². The second kappa shape index (κ2) is 6.51. The Labute approximate surface area is 143 Å². The summed E-state index contributed by atoms with van der Waals surface area (Å²) in [6.07, 6.45) is 1.55. The van der Waals surface area contributed by atoms with E-state index in [9.17, 15) is 5.11 Å². The van der Waals surface area contributed by atoms with E-state index in [0.717, 1.165) is 7.11 Å². The average Bonchev–Trinajstić information content (AvgIpc) is 3.20. The molecule has 132 valence electrons. The molecule has 0 saturated carbocycles. The highest BCUT2D eigenvalue weighted by Crippen LogP contribution is 2.43. The molecule has 4 atom stereocenters. The van der Waals surface area contributed by atoms with Gasteiger partial charge in [0.25, 0.3) is 0 Å². The van der Waals surface area contributed by atoms with Gasteiger partial charge < -0.3 is 24.4 Å². The summed E-state index contributed by atoms with van der Waals surface area (Å²) < 4.78 is 19.5. The van der Waals surface area contributed by atoms with Crippen LogP contribution in [-0.4, -0.2) is 67.8 Å². The molecular weight excluding hydrogens is 340 g/mol. The van der Waals surface area contributed by atoms with Crippen LogP contribution in [0.15, 0.2) is 12.5 Å². The van der Waals surface area contributed by atoms with Crippen LogP contribution in [0.2, 0.25) is 5.15 Å². The molecule has 0 unspecified atom stereocenters. The number of ether oxygens (including phenoxy) is 3. The fourth-order valence-corrected chi connectivity index (χ4v) is 3.26. The smallest absolute Gasteiger partial charge is 0.179 e. The van der Waals surface area contributed by atoms with Crippen LogP contribution in [0.25, 0.3) is 11.0 Å². The minimum Gasteiger partial charge on any atom is -0.400 e. The van der Waals surface area contributed by atoms with Gasteiger partial charge in [-0.2, -0.15) is 5.10 Å². The Bertz CT molecular complexity index is 724. The molecule has 2 aromatic heterocycles. The van der Waals surface area contributed by atoms with Crippen LogP contribution in [0, 0.1) is 0 Å². The van der Waals surface area contributed by atoms with Gasteiger partial charge in [-0.25, -0.2) is 4.98 Å². The molecule has 0 aromatic carbocycles. The van der Waals surface area contributed by atoms with Crippen molar-refractivity contribution in [3.05, 3.63) is 17.7 Å². The lowest BCUT2D eigenvalue weighted by Crippen LogP contribution is -2.31. The monoisotopic (exact) mass is 358 g/mol. The van der Waals surface area contributed by atoms with Gasteiger partial charge in [-0.05, 0) is 13.8 Å². The summed E-state index contributed by atoms with van der Waals surface area (Å²) in [5, 5.41) is 24.4. The van der Waals surface area contributed by atoms with Crippen molar-refractivity contribution in [2.24, 2.45) is 0 Å². The minimum absolute atomic E-state index is 0.149. The summed E-state index contributed by atoms with van der Waals surface area (Å²) in [5.74, 6) is -0.724. The first-order chi connectivity index (χ1) is 11.5. The van der Waals surface area contributed by atoms with Gasteiger partial charge in [0, 0.05) is 7.11 Å². The Morgan fingerprint density at radius 1 is 1.29 bits per heavy atom. The van der Waals surface area contributed by atoms with Gasteiger partial charge in [-0.3, -0.25) is 4.57 Å². The Balaban J connectivity index is 0.000000815. The summed E-state index contributed by atoms with van der Waals surface area (Å²) in [4.78, 5) is 4.25. The lowest BCUT2D eigenvalue weighted by atomic mass is 10.1. The van der Waals surface area contributed by atoms with Crippen LogP contribution in [-0.2, 0) is 14.2 Å². The minimum atomic E-state index is -0.724. The van der Waals surface area contributed by atoms with E-state index in [-0.39, 0.29) is 24.0 Å². The zero-order valence-corrected chi connectivity index (χ0v) is 14.2. The molecule has 0 bridgehead atoms. The molecule has 2 fully saturated rings. The molecule has 4 heterocycles. The normalized spacial score (nSPS) is 30.9. The van der Waals surface area contributed by atoms with Crippen molar-refractivity contribution in [2.75, 3.05) is 13.7 Å². The predicted molar refractivity (Wildman–Crippen MR) is 83.3 cm³/mol. The highest BCUT2D eigenvalue weighted by molar-refractivity contribution is 6.33. The van der Waals surface area contributed by atoms with Crippen molar-refractivity contribution in [3.63, 3.8) is 0 Å². The number of imidazole rings is 1. The number of fused-ring (bicyclic) bond motifs is 2. The number of rotatable bonds is 2. The fourth-order valence-electron chi connectivity index (χ4n) is 3.07. The molecule has 0 aliphatic carbocycles.